The van der Waals surface area contributed by atoms with Crippen molar-refractivity contribution in [3.8, 4) is 17.0 Å². The highest BCUT2D eigenvalue weighted by molar-refractivity contribution is 7.93. The van der Waals surface area contributed by atoms with E-state index < -0.39 is 27.8 Å². The first-order valence-corrected chi connectivity index (χ1v) is 13.2. The molecular formula is C23H26F3N3O4S. The lowest BCUT2D eigenvalue weighted by Crippen LogP contribution is -2.64. The number of benzene rings is 1. The summed E-state index contributed by atoms with van der Waals surface area (Å²) in [7, 11) is -3.09. The minimum Gasteiger partial charge on any atom is -0.435 e. The van der Waals surface area contributed by atoms with E-state index in [2.05, 4.69) is 10.1 Å². The molecule has 11 heteroatoms. The molecule has 184 valence electrons. The maximum absolute atomic E-state index is 14.8. The summed E-state index contributed by atoms with van der Waals surface area (Å²) in [6.07, 6.45) is 4.29. The first-order chi connectivity index (χ1) is 16.0. The van der Waals surface area contributed by atoms with Crippen molar-refractivity contribution in [1.29, 1.82) is 0 Å². The number of rotatable bonds is 6. The van der Waals surface area contributed by atoms with E-state index in [-0.39, 0.29) is 40.7 Å². The summed E-state index contributed by atoms with van der Waals surface area (Å²) in [6, 6.07) is 3.64. The van der Waals surface area contributed by atoms with Gasteiger partial charge in [0, 0.05) is 29.2 Å². The van der Waals surface area contributed by atoms with Crippen LogP contribution < -0.4 is 10.1 Å². The number of hydrogen-bond donors (Lipinski definition) is 1. The molecule has 1 aromatic heterocycles. The molecule has 2 fully saturated rings. The molecule has 0 spiro atoms. The van der Waals surface area contributed by atoms with Gasteiger partial charge in [-0.15, -0.1) is 0 Å². The number of carbonyl (C=O) groups excluding carboxylic acids is 1. The Balaban J connectivity index is 1.44. The largest absolute Gasteiger partial charge is 0.435 e. The summed E-state index contributed by atoms with van der Waals surface area (Å²) in [5.74, 6) is -1.40. The molecule has 2 heterocycles. The van der Waals surface area contributed by atoms with Crippen LogP contribution in [-0.2, 0) is 27.5 Å². The van der Waals surface area contributed by atoms with Gasteiger partial charge in [0.15, 0.2) is 9.84 Å². The zero-order valence-electron chi connectivity index (χ0n) is 18.7. The number of halogens is 3. The third-order valence-electron chi connectivity index (χ3n) is 7.01. The summed E-state index contributed by atoms with van der Waals surface area (Å²) in [6.45, 7) is -1.29. The van der Waals surface area contributed by atoms with Crippen molar-refractivity contribution < 1.29 is 31.1 Å². The lowest BCUT2D eigenvalue weighted by Gasteiger charge is -2.39. The summed E-state index contributed by atoms with van der Waals surface area (Å²) in [5.41, 5.74) is 1.43. The number of alkyl halides is 2. The molecule has 1 saturated heterocycles. The van der Waals surface area contributed by atoms with Crippen molar-refractivity contribution in [2.75, 3.05) is 11.5 Å². The Morgan fingerprint density at radius 1 is 1.26 bits per heavy atom. The van der Waals surface area contributed by atoms with E-state index in [1.165, 1.54) is 6.07 Å². The second-order valence-corrected chi connectivity index (χ2v) is 11.9. The number of nitrogens with one attached hydrogen (secondary N) is 1. The van der Waals surface area contributed by atoms with Gasteiger partial charge in [-0.25, -0.2) is 12.8 Å². The Morgan fingerprint density at radius 2 is 2.00 bits per heavy atom. The molecule has 2 aromatic rings. The van der Waals surface area contributed by atoms with Gasteiger partial charge in [-0.1, -0.05) is 0 Å². The molecule has 5 rings (SSSR count). The second kappa shape index (κ2) is 8.28. The number of sulfone groups is 1. The minimum atomic E-state index is -3.09. The Morgan fingerprint density at radius 3 is 2.62 bits per heavy atom. The predicted molar refractivity (Wildman–Crippen MR) is 118 cm³/mol. The molecule has 7 nitrogen and oxygen atoms in total. The number of carbonyl (C=O) groups is 1. The van der Waals surface area contributed by atoms with Gasteiger partial charge in [-0.05, 0) is 57.2 Å². The maximum atomic E-state index is 14.8. The van der Waals surface area contributed by atoms with Gasteiger partial charge in [0.05, 0.1) is 28.8 Å². The molecule has 0 unspecified atom stereocenters. The number of fused-ring (bicyclic) bond motifs is 1. The van der Waals surface area contributed by atoms with Gasteiger partial charge >= 0.3 is 6.61 Å². The van der Waals surface area contributed by atoms with Crippen LogP contribution in [0.5, 0.6) is 5.75 Å². The van der Waals surface area contributed by atoms with Crippen molar-refractivity contribution in [2.24, 2.45) is 5.92 Å². The van der Waals surface area contributed by atoms with Crippen LogP contribution in [0.4, 0.5) is 13.2 Å². The molecular weight excluding hydrogens is 471 g/mol. The fraction of sp³-hybridized carbons (Fsp3) is 0.565. The van der Waals surface area contributed by atoms with Gasteiger partial charge in [0.2, 0.25) is 5.91 Å². The Kier molecular flexibility index (Phi) is 5.65. The molecule has 34 heavy (non-hydrogen) atoms. The molecule has 0 radical (unpaired) electrons. The summed E-state index contributed by atoms with van der Waals surface area (Å²) >= 11 is 0. The monoisotopic (exact) mass is 497 g/mol. The van der Waals surface area contributed by atoms with Gasteiger partial charge in [-0.2, -0.15) is 13.9 Å². The highest BCUT2D eigenvalue weighted by Crippen LogP contribution is 2.41. The number of aromatic nitrogens is 2. The average Bonchev–Trinajstić information content (AvgIpc) is 3.04. The van der Waals surface area contributed by atoms with Crippen LogP contribution in [-0.4, -0.2) is 47.8 Å². The van der Waals surface area contributed by atoms with Crippen LogP contribution in [0.3, 0.4) is 0 Å². The third kappa shape index (κ3) is 4.30. The van der Waals surface area contributed by atoms with Gasteiger partial charge < -0.3 is 10.1 Å². The fourth-order valence-electron chi connectivity index (χ4n) is 5.27. The highest BCUT2D eigenvalue weighted by atomic mass is 32.2. The lowest BCUT2D eigenvalue weighted by atomic mass is 9.84. The Bertz CT molecular complexity index is 1230. The van der Waals surface area contributed by atoms with Crippen molar-refractivity contribution in [3.05, 3.63) is 35.3 Å². The molecule has 1 N–H and O–H groups in total. The average molecular weight is 498 g/mol. The topological polar surface area (TPSA) is 90.3 Å². The molecule has 1 amide bonds. The van der Waals surface area contributed by atoms with Crippen LogP contribution in [0.25, 0.3) is 11.3 Å². The molecule has 0 bridgehead atoms. The molecule has 1 saturated carbocycles. The Hall–Kier alpha value is -2.56. The van der Waals surface area contributed by atoms with Crippen LogP contribution in [0, 0.1) is 11.7 Å². The van der Waals surface area contributed by atoms with E-state index in [0.29, 0.717) is 25.0 Å². The van der Waals surface area contributed by atoms with E-state index in [0.717, 1.165) is 42.7 Å². The number of nitrogens with zero attached hydrogens (tertiary/aromatic N) is 2. The molecule has 1 aromatic carbocycles. The van der Waals surface area contributed by atoms with Gasteiger partial charge in [0.25, 0.3) is 0 Å². The first kappa shape index (κ1) is 23.2. The third-order valence-corrected chi connectivity index (χ3v) is 9.17. The lowest BCUT2D eigenvalue weighted by molar-refractivity contribution is -0.126. The molecule has 1 aliphatic heterocycles. The van der Waals surface area contributed by atoms with E-state index in [9.17, 15) is 26.4 Å². The second-order valence-electron chi connectivity index (χ2n) is 9.85. The molecule has 2 aliphatic carbocycles. The Labute approximate surface area is 195 Å². The standard InChI is InChI=1S/C23H26F3N3O4S/c1-23(11-34(31,32)12-23)27-21(30)13-5-7-16-19(9-13)29(14-3-2-4-14)28-20(16)17-10-15(33-22(25)26)6-8-18(17)24/h6,8,10,13-14,22H,2-5,7,9,11-12H2,1H3,(H,27,30)/t13-/m1/s1. The van der Waals surface area contributed by atoms with E-state index >= 15 is 0 Å². The zero-order chi connectivity index (χ0) is 24.3. The smallest absolute Gasteiger partial charge is 0.387 e. The van der Waals surface area contributed by atoms with Gasteiger partial charge in [0.1, 0.15) is 11.6 Å². The maximum Gasteiger partial charge on any atom is 0.387 e. The quantitative estimate of drug-likeness (QED) is 0.661. The highest BCUT2D eigenvalue weighted by Gasteiger charge is 2.47. The zero-order valence-corrected chi connectivity index (χ0v) is 19.5. The van der Waals surface area contributed by atoms with Crippen molar-refractivity contribution >= 4 is 15.7 Å². The van der Waals surface area contributed by atoms with Crippen LogP contribution >= 0.6 is 0 Å². The predicted octanol–water partition coefficient (Wildman–Crippen LogP) is 3.42. The molecule has 3 aliphatic rings. The normalized spacial score (nSPS) is 23.0. The summed E-state index contributed by atoms with van der Waals surface area (Å²) < 4.78 is 69.7. The SMILES string of the molecule is CC1(NC(=O)[C@@H]2CCc3c(-c4cc(OC(F)F)ccc4F)nn(C4CCC4)c3C2)CS(=O)(=O)C1. The van der Waals surface area contributed by atoms with E-state index in [1.807, 2.05) is 4.68 Å². The first-order valence-electron chi connectivity index (χ1n) is 11.4. The minimum absolute atomic E-state index is 0.0653. The van der Waals surface area contributed by atoms with Crippen molar-refractivity contribution in [2.45, 2.75) is 63.6 Å². The van der Waals surface area contributed by atoms with Gasteiger partial charge in [-0.3, -0.25) is 9.48 Å². The van der Waals surface area contributed by atoms with Crippen LogP contribution in [0.2, 0.25) is 0 Å². The summed E-state index contributed by atoms with van der Waals surface area (Å²) in [4.78, 5) is 13.0. The van der Waals surface area contributed by atoms with E-state index in [1.54, 1.807) is 6.92 Å². The van der Waals surface area contributed by atoms with Crippen LogP contribution in [0.15, 0.2) is 18.2 Å². The molecule has 1 atom stereocenters. The number of ether oxygens (including phenoxy) is 1. The van der Waals surface area contributed by atoms with Crippen molar-refractivity contribution in [1.82, 2.24) is 15.1 Å². The fourth-order valence-corrected chi connectivity index (χ4v) is 7.27. The summed E-state index contributed by atoms with van der Waals surface area (Å²) in [5, 5.41) is 7.61. The number of amides is 1. The van der Waals surface area contributed by atoms with Crippen LogP contribution in [0.1, 0.15) is 49.9 Å². The van der Waals surface area contributed by atoms with E-state index in [4.69, 9.17) is 5.10 Å². The van der Waals surface area contributed by atoms with Crippen molar-refractivity contribution in [3.63, 3.8) is 0 Å². The number of hydrogen-bond acceptors (Lipinski definition) is 5.